The van der Waals surface area contributed by atoms with Crippen LogP contribution in [0.3, 0.4) is 0 Å². The molecule has 0 bridgehead atoms. The Balaban J connectivity index is 1.28. The zero-order chi connectivity index (χ0) is 25.8. The quantitative estimate of drug-likeness (QED) is 0.380. The van der Waals surface area contributed by atoms with Gasteiger partial charge in [0.05, 0.1) is 27.2 Å². The van der Waals surface area contributed by atoms with Crippen LogP contribution in [-0.2, 0) is 4.79 Å². The van der Waals surface area contributed by atoms with Gasteiger partial charge in [0.25, 0.3) is 11.8 Å². The van der Waals surface area contributed by atoms with Crippen molar-refractivity contribution in [1.29, 1.82) is 0 Å². The Morgan fingerprint density at radius 3 is 2.31 bits per heavy atom. The van der Waals surface area contributed by atoms with E-state index in [1.54, 1.807) is 18.2 Å². The molecule has 1 aliphatic carbocycles. The van der Waals surface area contributed by atoms with Gasteiger partial charge < -0.3 is 20.5 Å². The number of nitrogens with one attached hydrogen (secondary N) is 2. The number of carbonyl (C=O) groups excluding carboxylic acids is 2. The number of halogens is 3. The summed E-state index contributed by atoms with van der Waals surface area (Å²) in [5, 5.41) is 14.7. The van der Waals surface area contributed by atoms with Crippen LogP contribution in [-0.4, -0.2) is 42.1 Å². The van der Waals surface area contributed by atoms with Crippen molar-refractivity contribution in [2.24, 2.45) is 5.92 Å². The van der Waals surface area contributed by atoms with E-state index in [-0.39, 0.29) is 18.8 Å². The van der Waals surface area contributed by atoms with Crippen LogP contribution in [0.4, 0.5) is 13.2 Å². The van der Waals surface area contributed by atoms with Gasteiger partial charge >= 0.3 is 5.97 Å². The zero-order valence-electron chi connectivity index (χ0n) is 19.0. The molecule has 0 unspecified atom stereocenters. The summed E-state index contributed by atoms with van der Waals surface area (Å²) in [6, 6.07) is 8.39. The summed E-state index contributed by atoms with van der Waals surface area (Å²) in [4.78, 5) is 36.0. The minimum absolute atomic E-state index is 0.0195. The summed E-state index contributed by atoms with van der Waals surface area (Å²) in [5.41, 5.74) is -0.513. The molecule has 0 spiro atoms. The van der Waals surface area contributed by atoms with Gasteiger partial charge in [0.2, 0.25) is 5.82 Å². The molecule has 1 aliphatic rings. The zero-order valence-corrected chi connectivity index (χ0v) is 19.8. The Labute approximate surface area is 208 Å². The molecule has 2 amide bonds. The van der Waals surface area contributed by atoms with Crippen LogP contribution in [0.2, 0.25) is 0 Å². The number of carboxylic acid groups (broad SMARTS) is 1. The van der Waals surface area contributed by atoms with Crippen LogP contribution >= 0.6 is 11.3 Å². The van der Waals surface area contributed by atoms with E-state index in [1.807, 2.05) is 0 Å². The molecule has 4 rings (SSSR count). The highest BCUT2D eigenvalue weighted by Gasteiger charge is 2.28. The number of amides is 2. The van der Waals surface area contributed by atoms with E-state index >= 15 is 0 Å². The van der Waals surface area contributed by atoms with Crippen molar-refractivity contribution in [2.75, 3.05) is 13.1 Å². The van der Waals surface area contributed by atoms with E-state index in [1.165, 1.54) is 12.1 Å². The maximum atomic E-state index is 14.5. The number of ether oxygens (including phenoxy) is 1. The summed E-state index contributed by atoms with van der Waals surface area (Å²) >= 11 is 1.01. The Kier molecular flexibility index (Phi) is 7.78. The smallest absolute Gasteiger partial charge is 0.306 e. The third kappa shape index (κ3) is 5.62. The van der Waals surface area contributed by atoms with Crippen molar-refractivity contribution in [1.82, 2.24) is 10.6 Å². The predicted molar refractivity (Wildman–Crippen MR) is 127 cm³/mol. The Bertz CT molecular complexity index is 1300. The number of hydrogen-bond acceptors (Lipinski definition) is 5. The van der Waals surface area contributed by atoms with Gasteiger partial charge in [0, 0.05) is 13.1 Å². The van der Waals surface area contributed by atoms with E-state index in [0.717, 1.165) is 17.4 Å². The molecule has 1 fully saturated rings. The van der Waals surface area contributed by atoms with Crippen molar-refractivity contribution in [3.63, 3.8) is 0 Å². The van der Waals surface area contributed by atoms with Gasteiger partial charge in [0.15, 0.2) is 11.6 Å². The van der Waals surface area contributed by atoms with Crippen LogP contribution in [0.15, 0.2) is 36.4 Å². The van der Waals surface area contributed by atoms with Crippen molar-refractivity contribution >= 4 is 39.2 Å². The van der Waals surface area contributed by atoms with Crippen LogP contribution in [0.5, 0.6) is 5.75 Å². The molecule has 0 atom stereocenters. The van der Waals surface area contributed by atoms with Crippen LogP contribution < -0.4 is 15.4 Å². The summed E-state index contributed by atoms with van der Waals surface area (Å²) in [6.45, 7) is -0.0262. The van der Waals surface area contributed by atoms with Gasteiger partial charge in [-0.2, -0.15) is 4.39 Å². The SMILES string of the molecule is O=C(NCCNC(=O)c1ccc(OC2CCC(C(=O)O)CC2)c(F)c1F)c1cc2cccc(F)c2s1. The van der Waals surface area contributed by atoms with Gasteiger partial charge in [-0.3, -0.25) is 14.4 Å². The molecular weight excluding hydrogens is 497 g/mol. The molecule has 36 heavy (non-hydrogen) atoms. The summed E-state index contributed by atoms with van der Waals surface area (Å²) in [6.07, 6.45) is 1.15. The third-order valence-electron chi connectivity index (χ3n) is 6.02. The molecule has 11 heteroatoms. The number of benzene rings is 2. The second-order valence-electron chi connectivity index (χ2n) is 8.45. The molecule has 1 saturated carbocycles. The number of fused-ring (bicyclic) bond motifs is 1. The lowest BCUT2D eigenvalue weighted by Crippen LogP contribution is -2.34. The minimum atomic E-state index is -1.36. The van der Waals surface area contributed by atoms with E-state index < -0.39 is 52.8 Å². The van der Waals surface area contributed by atoms with E-state index in [0.29, 0.717) is 40.6 Å². The first kappa shape index (κ1) is 25.5. The lowest BCUT2D eigenvalue weighted by Gasteiger charge is -2.27. The Hall–Kier alpha value is -3.60. The van der Waals surface area contributed by atoms with Gasteiger partial charge in [-0.25, -0.2) is 8.78 Å². The molecule has 0 aliphatic heterocycles. The first-order valence-corrected chi connectivity index (χ1v) is 12.2. The van der Waals surface area contributed by atoms with Gasteiger partial charge in [0.1, 0.15) is 5.82 Å². The highest BCUT2D eigenvalue weighted by Crippen LogP contribution is 2.31. The molecule has 1 aromatic heterocycles. The molecule has 0 radical (unpaired) electrons. The molecule has 0 saturated heterocycles. The third-order valence-corrected chi connectivity index (χ3v) is 7.18. The maximum Gasteiger partial charge on any atom is 0.306 e. The fourth-order valence-corrected chi connectivity index (χ4v) is 5.06. The molecule has 3 N–H and O–H groups in total. The van der Waals surface area contributed by atoms with Crippen molar-refractivity contribution < 1.29 is 37.4 Å². The molecule has 2 aromatic carbocycles. The van der Waals surface area contributed by atoms with E-state index in [2.05, 4.69) is 10.6 Å². The summed E-state index contributed by atoms with van der Waals surface area (Å²) in [7, 11) is 0. The molecular formula is C25H23F3N2O5S. The van der Waals surface area contributed by atoms with Crippen LogP contribution in [0.1, 0.15) is 45.7 Å². The number of rotatable bonds is 8. The fraction of sp³-hybridized carbons (Fsp3) is 0.320. The Morgan fingerprint density at radius 2 is 1.64 bits per heavy atom. The fourth-order valence-electron chi connectivity index (χ4n) is 4.08. The summed E-state index contributed by atoms with van der Waals surface area (Å²) in [5.74, 6) is -6.06. The minimum Gasteiger partial charge on any atom is -0.487 e. The average Bonchev–Trinajstić information content (AvgIpc) is 3.31. The lowest BCUT2D eigenvalue weighted by atomic mass is 9.87. The number of carbonyl (C=O) groups is 3. The first-order chi connectivity index (χ1) is 17.2. The van der Waals surface area contributed by atoms with Crippen molar-refractivity contribution in [2.45, 2.75) is 31.8 Å². The first-order valence-electron chi connectivity index (χ1n) is 11.4. The van der Waals surface area contributed by atoms with Crippen LogP contribution in [0, 0.1) is 23.4 Å². The second kappa shape index (κ2) is 11.0. The monoisotopic (exact) mass is 520 g/mol. The largest absolute Gasteiger partial charge is 0.487 e. The van der Waals surface area contributed by atoms with E-state index in [9.17, 15) is 27.6 Å². The Morgan fingerprint density at radius 1 is 0.944 bits per heavy atom. The highest BCUT2D eigenvalue weighted by atomic mass is 32.1. The van der Waals surface area contributed by atoms with Gasteiger partial charge in [-0.05, 0) is 55.3 Å². The molecule has 3 aromatic rings. The highest BCUT2D eigenvalue weighted by molar-refractivity contribution is 7.20. The standard InChI is InChI=1S/C25H23F3N2O5S/c26-17-3-1-2-14-12-19(36-22(14)17)24(32)30-11-10-29-23(31)16-8-9-18(21(28)20(16)27)35-15-6-4-13(5-7-15)25(33)34/h1-3,8-9,12-13,15H,4-7,10-11H2,(H,29,31)(H,30,32)(H,33,34). The lowest BCUT2D eigenvalue weighted by molar-refractivity contribution is -0.143. The van der Waals surface area contributed by atoms with Gasteiger partial charge in [-0.15, -0.1) is 11.3 Å². The number of thiophene rings is 1. The van der Waals surface area contributed by atoms with E-state index in [4.69, 9.17) is 9.84 Å². The topological polar surface area (TPSA) is 105 Å². The van der Waals surface area contributed by atoms with Gasteiger partial charge in [-0.1, -0.05) is 12.1 Å². The van der Waals surface area contributed by atoms with Crippen molar-refractivity contribution in [3.05, 3.63) is 64.3 Å². The summed E-state index contributed by atoms with van der Waals surface area (Å²) < 4.78 is 48.8. The number of hydrogen-bond donors (Lipinski definition) is 3. The molecule has 7 nitrogen and oxygen atoms in total. The normalized spacial score (nSPS) is 17.5. The number of carboxylic acids is 1. The second-order valence-corrected chi connectivity index (χ2v) is 9.50. The average molecular weight is 521 g/mol. The molecule has 190 valence electrons. The number of aliphatic carboxylic acids is 1. The maximum absolute atomic E-state index is 14.5. The molecule has 1 heterocycles. The van der Waals surface area contributed by atoms with Crippen molar-refractivity contribution in [3.8, 4) is 5.75 Å². The predicted octanol–water partition coefficient (Wildman–Crippen LogP) is 4.50. The van der Waals surface area contributed by atoms with Crippen LogP contribution in [0.25, 0.3) is 10.1 Å².